The van der Waals surface area contributed by atoms with Crippen LogP contribution in [-0.4, -0.2) is 59.6 Å². The fraction of sp³-hybridized carbons (Fsp3) is 0.905. The lowest BCUT2D eigenvalue weighted by atomic mass is 10.1. The number of hydrogen-bond donors (Lipinski definition) is 3. The van der Waals surface area contributed by atoms with Crippen molar-refractivity contribution in [3.05, 3.63) is 12.2 Å². The summed E-state index contributed by atoms with van der Waals surface area (Å²) >= 11 is 0. The molecule has 0 saturated carbocycles. The van der Waals surface area contributed by atoms with Crippen LogP contribution in [0.1, 0.15) is 77.6 Å². The lowest BCUT2D eigenvalue weighted by Gasteiger charge is -2.20. The Morgan fingerprint density at radius 2 is 1.62 bits per heavy atom. The topological polar surface area (TPSA) is 79.2 Å². The summed E-state index contributed by atoms with van der Waals surface area (Å²) < 4.78 is 10.9. The van der Waals surface area contributed by atoms with Gasteiger partial charge in [-0.25, -0.2) is 0 Å². The molecule has 0 radical (unpaired) electrons. The highest BCUT2D eigenvalue weighted by Crippen LogP contribution is 2.20. The highest BCUT2D eigenvalue weighted by Gasteiger charge is 2.40. The van der Waals surface area contributed by atoms with E-state index in [2.05, 4.69) is 19.1 Å². The van der Waals surface area contributed by atoms with Crippen molar-refractivity contribution in [2.75, 3.05) is 19.8 Å². The van der Waals surface area contributed by atoms with Crippen molar-refractivity contribution in [1.82, 2.24) is 0 Å². The maximum atomic E-state index is 10.0. The van der Waals surface area contributed by atoms with Crippen LogP contribution in [0, 0.1) is 0 Å². The van der Waals surface area contributed by atoms with Crippen LogP contribution in [0.3, 0.4) is 0 Å². The summed E-state index contributed by atoms with van der Waals surface area (Å²) in [6.07, 6.45) is 15.3. The van der Waals surface area contributed by atoms with Crippen molar-refractivity contribution in [2.24, 2.45) is 0 Å². The van der Waals surface area contributed by atoms with E-state index >= 15 is 0 Å². The van der Waals surface area contributed by atoms with Crippen LogP contribution in [0.5, 0.6) is 0 Å². The molecule has 5 heteroatoms. The third kappa shape index (κ3) is 10.0. The van der Waals surface area contributed by atoms with Gasteiger partial charge >= 0.3 is 0 Å². The van der Waals surface area contributed by atoms with Crippen molar-refractivity contribution < 1.29 is 24.8 Å². The van der Waals surface area contributed by atoms with Gasteiger partial charge in [-0.3, -0.25) is 0 Å². The maximum absolute atomic E-state index is 10.0. The van der Waals surface area contributed by atoms with Gasteiger partial charge in [0.1, 0.15) is 24.4 Å². The predicted molar refractivity (Wildman–Crippen MR) is 104 cm³/mol. The fourth-order valence-electron chi connectivity index (χ4n) is 3.30. The first-order valence-corrected chi connectivity index (χ1v) is 10.6. The van der Waals surface area contributed by atoms with E-state index in [0.29, 0.717) is 6.61 Å². The van der Waals surface area contributed by atoms with Crippen molar-refractivity contribution in [3.63, 3.8) is 0 Å². The molecule has 1 aliphatic rings. The SMILES string of the molecule is CCCCCCCCCCC/C=C/CCO[C@@H]1CO[C@H]([C@@H](O)CO)[C@@H]1O. The van der Waals surface area contributed by atoms with Crippen molar-refractivity contribution in [2.45, 2.75) is 102 Å². The Morgan fingerprint density at radius 3 is 2.27 bits per heavy atom. The third-order valence-electron chi connectivity index (χ3n) is 4.99. The number of allylic oxidation sites excluding steroid dienone is 1. The number of aliphatic hydroxyl groups is 3. The summed E-state index contributed by atoms with van der Waals surface area (Å²) in [5.74, 6) is 0. The lowest BCUT2D eigenvalue weighted by Crippen LogP contribution is -2.41. The Labute approximate surface area is 159 Å². The van der Waals surface area contributed by atoms with Crippen LogP contribution in [0.4, 0.5) is 0 Å². The Morgan fingerprint density at radius 1 is 1.00 bits per heavy atom. The quantitative estimate of drug-likeness (QED) is 0.286. The average molecular weight is 373 g/mol. The summed E-state index contributed by atoms with van der Waals surface area (Å²) in [4.78, 5) is 0. The largest absolute Gasteiger partial charge is 0.394 e. The molecule has 0 aromatic heterocycles. The molecule has 1 heterocycles. The second kappa shape index (κ2) is 15.6. The minimum atomic E-state index is -1.06. The Bertz CT molecular complexity index is 347. The molecule has 0 spiro atoms. The second-order valence-electron chi connectivity index (χ2n) is 7.32. The average Bonchev–Trinajstić information content (AvgIpc) is 3.02. The van der Waals surface area contributed by atoms with Crippen LogP contribution in [0.2, 0.25) is 0 Å². The van der Waals surface area contributed by atoms with Gasteiger partial charge in [0.2, 0.25) is 0 Å². The fourth-order valence-corrected chi connectivity index (χ4v) is 3.30. The van der Waals surface area contributed by atoms with E-state index in [9.17, 15) is 10.2 Å². The molecule has 154 valence electrons. The Kier molecular flexibility index (Phi) is 14.1. The van der Waals surface area contributed by atoms with Gasteiger partial charge in [-0.15, -0.1) is 0 Å². The van der Waals surface area contributed by atoms with Gasteiger partial charge in [0.25, 0.3) is 0 Å². The second-order valence-corrected chi connectivity index (χ2v) is 7.32. The molecule has 0 aromatic carbocycles. The summed E-state index contributed by atoms with van der Waals surface area (Å²) in [6, 6.07) is 0. The minimum absolute atomic E-state index is 0.255. The van der Waals surface area contributed by atoms with Crippen LogP contribution in [-0.2, 0) is 9.47 Å². The standard InChI is InChI=1S/C21H40O5/c1-2-3-4-5-6-7-8-9-10-11-12-13-14-15-25-19-17-26-21(20(19)24)18(23)16-22/h12-13,18-24H,2-11,14-17H2,1H3/b13-12+/t18-,19+,20+,21+/m0/s1. The first kappa shape index (κ1) is 23.6. The molecule has 0 aromatic rings. The van der Waals surface area contributed by atoms with Gasteiger partial charge < -0.3 is 24.8 Å². The molecule has 26 heavy (non-hydrogen) atoms. The molecular formula is C21H40O5. The van der Waals surface area contributed by atoms with E-state index in [1.165, 1.54) is 57.8 Å². The monoisotopic (exact) mass is 372 g/mol. The summed E-state index contributed by atoms with van der Waals surface area (Å²) in [7, 11) is 0. The third-order valence-corrected chi connectivity index (χ3v) is 4.99. The Hall–Kier alpha value is -0.460. The van der Waals surface area contributed by atoms with E-state index in [1.807, 2.05) is 0 Å². The Balaban J connectivity index is 1.91. The van der Waals surface area contributed by atoms with Crippen molar-refractivity contribution in [3.8, 4) is 0 Å². The number of unbranched alkanes of at least 4 members (excludes halogenated alkanes) is 9. The van der Waals surface area contributed by atoms with E-state index in [1.54, 1.807) is 0 Å². The van der Waals surface area contributed by atoms with Gasteiger partial charge in [-0.1, -0.05) is 70.4 Å². The minimum Gasteiger partial charge on any atom is -0.394 e. The normalized spacial score (nSPS) is 24.5. The molecule has 0 amide bonds. The zero-order valence-electron chi connectivity index (χ0n) is 16.5. The summed E-state index contributed by atoms with van der Waals surface area (Å²) in [5.41, 5.74) is 0. The number of ether oxygens (including phenoxy) is 2. The molecule has 0 unspecified atom stereocenters. The summed E-state index contributed by atoms with van der Waals surface area (Å²) in [5, 5.41) is 28.5. The van der Waals surface area contributed by atoms with Gasteiger partial charge in [0, 0.05) is 0 Å². The molecular weight excluding hydrogens is 332 g/mol. The highest BCUT2D eigenvalue weighted by molar-refractivity contribution is 4.89. The molecule has 0 bridgehead atoms. The molecule has 1 saturated heterocycles. The molecule has 1 fully saturated rings. The van der Waals surface area contributed by atoms with E-state index in [0.717, 1.165) is 12.8 Å². The molecule has 3 N–H and O–H groups in total. The number of rotatable bonds is 16. The lowest BCUT2D eigenvalue weighted by molar-refractivity contribution is -0.0726. The van der Waals surface area contributed by atoms with E-state index in [-0.39, 0.29) is 6.61 Å². The first-order chi connectivity index (χ1) is 12.7. The molecule has 1 rings (SSSR count). The van der Waals surface area contributed by atoms with Gasteiger partial charge in [0.05, 0.1) is 19.8 Å². The van der Waals surface area contributed by atoms with Crippen molar-refractivity contribution >= 4 is 0 Å². The molecule has 1 aliphatic heterocycles. The predicted octanol–water partition coefficient (Wildman–Crippen LogP) is 3.35. The first-order valence-electron chi connectivity index (χ1n) is 10.6. The number of aliphatic hydroxyl groups excluding tert-OH is 3. The van der Waals surface area contributed by atoms with Gasteiger partial charge in [-0.2, -0.15) is 0 Å². The summed E-state index contributed by atoms with van der Waals surface area (Å²) in [6.45, 7) is 2.62. The van der Waals surface area contributed by atoms with E-state index in [4.69, 9.17) is 14.6 Å². The zero-order valence-corrected chi connectivity index (χ0v) is 16.5. The van der Waals surface area contributed by atoms with Crippen LogP contribution >= 0.6 is 0 Å². The highest BCUT2D eigenvalue weighted by atomic mass is 16.6. The van der Waals surface area contributed by atoms with Crippen LogP contribution in [0.25, 0.3) is 0 Å². The molecule has 0 aliphatic carbocycles. The molecule has 4 atom stereocenters. The van der Waals surface area contributed by atoms with Gasteiger partial charge in [0.15, 0.2) is 0 Å². The van der Waals surface area contributed by atoms with Crippen LogP contribution < -0.4 is 0 Å². The van der Waals surface area contributed by atoms with Crippen LogP contribution in [0.15, 0.2) is 12.2 Å². The van der Waals surface area contributed by atoms with E-state index < -0.39 is 31.0 Å². The maximum Gasteiger partial charge on any atom is 0.114 e. The smallest absolute Gasteiger partial charge is 0.114 e. The van der Waals surface area contributed by atoms with Gasteiger partial charge in [-0.05, 0) is 19.3 Å². The van der Waals surface area contributed by atoms with Crippen molar-refractivity contribution in [1.29, 1.82) is 0 Å². The molecule has 5 nitrogen and oxygen atoms in total. The number of hydrogen-bond acceptors (Lipinski definition) is 5. The zero-order chi connectivity index (χ0) is 19.0.